The van der Waals surface area contributed by atoms with Gasteiger partial charge in [0.1, 0.15) is 0 Å². The molecule has 1 amide bonds. The molecule has 1 aliphatic rings. The zero-order valence-corrected chi connectivity index (χ0v) is 15.5. The fourth-order valence-electron chi connectivity index (χ4n) is 4.15. The van der Waals surface area contributed by atoms with Gasteiger partial charge in [-0.15, -0.1) is 0 Å². The summed E-state index contributed by atoms with van der Waals surface area (Å²) in [5, 5.41) is 3.23. The third kappa shape index (κ3) is 3.95. The summed E-state index contributed by atoms with van der Waals surface area (Å²) in [6.45, 7) is 13.9. The first-order valence-electron chi connectivity index (χ1n) is 9.14. The number of nitrogens with zero attached hydrogens (tertiary/aromatic N) is 1. The summed E-state index contributed by atoms with van der Waals surface area (Å²) < 4.78 is 0.940. The quantitative estimate of drug-likeness (QED) is 0.822. The molecular formula is C20H33N2O+. The molecule has 1 aromatic carbocycles. The second-order valence-corrected chi connectivity index (χ2v) is 7.34. The Balaban J connectivity index is 2.19. The van der Waals surface area contributed by atoms with Gasteiger partial charge in [0.05, 0.1) is 19.6 Å². The van der Waals surface area contributed by atoms with E-state index < -0.39 is 0 Å². The molecule has 1 aliphatic heterocycles. The van der Waals surface area contributed by atoms with E-state index in [9.17, 15) is 4.79 Å². The second kappa shape index (κ2) is 7.48. The first-order valence-corrected chi connectivity index (χ1v) is 9.14. The molecule has 1 saturated heterocycles. The van der Waals surface area contributed by atoms with Crippen LogP contribution in [0.4, 0.5) is 5.69 Å². The van der Waals surface area contributed by atoms with Crippen molar-refractivity contribution < 1.29 is 9.28 Å². The maximum atomic E-state index is 13.0. The zero-order chi connectivity index (χ0) is 17.0. The first-order chi connectivity index (χ1) is 10.9. The van der Waals surface area contributed by atoms with Crippen LogP contribution in [0.25, 0.3) is 0 Å². The summed E-state index contributed by atoms with van der Waals surface area (Å²) in [5.41, 5.74) is 4.55. The standard InChI is InChI=1S/C20H32N2O/c1-6-22(11-9-7-8-10-12-22)18(5)20(23)21-19-16(3)13-15(2)14-17(19)4/h13-14,18H,6-12H2,1-5H3/p+1. The van der Waals surface area contributed by atoms with Gasteiger partial charge in [-0.25, -0.2) is 0 Å². The fourth-order valence-corrected chi connectivity index (χ4v) is 4.15. The van der Waals surface area contributed by atoms with Crippen LogP contribution < -0.4 is 5.32 Å². The van der Waals surface area contributed by atoms with Gasteiger partial charge >= 0.3 is 0 Å². The van der Waals surface area contributed by atoms with Crippen molar-refractivity contribution >= 4 is 11.6 Å². The fraction of sp³-hybridized carbons (Fsp3) is 0.650. The highest BCUT2D eigenvalue weighted by molar-refractivity contribution is 5.95. The number of nitrogens with one attached hydrogen (secondary N) is 1. The van der Waals surface area contributed by atoms with Gasteiger partial charge in [-0.1, -0.05) is 17.7 Å². The van der Waals surface area contributed by atoms with Crippen molar-refractivity contribution in [3.8, 4) is 0 Å². The minimum atomic E-state index is 0.0122. The summed E-state index contributed by atoms with van der Waals surface area (Å²) >= 11 is 0. The molecule has 0 spiro atoms. The highest BCUT2D eigenvalue weighted by Crippen LogP contribution is 2.26. The predicted octanol–water partition coefficient (Wildman–Crippen LogP) is 4.35. The topological polar surface area (TPSA) is 29.1 Å². The Morgan fingerprint density at radius 1 is 1.09 bits per heavy atom. The summed E-state index contributed by atoms with van der Waals surface area (Å²) in [5.74, 6) is 0.170. The van der Waals surface area contributed by atoms with Crippen LogP contribution in [0.1, 0.15) is 56.2 Å². The summed E-state index contributed by atoms with van der Waals surface area (Å²) in [7, 11) is 0. The molecule has 128 valence electrons. The molecule has 1 fully saturated rings. The van der Waals surface area contributed by atoms with Gasteiger partial charge in [-0.2, -0.15) is 0 Å². The molecule has 23 heavy (non-hydrogen) atoms. The van der Waals surface area contributed by atoms with Gasteiger partial charge in [0.25, 0.3) is 5.91 Å². The number of aryl methyl sites for hydroxylation is 3. The minimum Gasteiger partial charge on any atom is -0.320 e. The van der Waals surface area contributed by atoms with E-state index in [1.807, 2.05) is 0 Å². The Morgan fingerprint density at radius 3 is 2.09 bits per heavy atom. The summed E-state index contributed by atoms with van der Waals surface area (Å²) in [4.78, 5) is 13.0. The molecule has 1 atom stereocenters. The first kappa shape index (κ1) is 18.0. The van der Waals surface area contributed by atoms with Crippen molar-refractivity contribution in [2.45, 2.75) is 66.3 Å². The lowest BCUT2D eigenvalue weighted by Gasteiger charge is -2.41. The summed E-state index contributed by atoms with van der Waals surface area (Å²) in [6.07, 6.45) is 5.11. The van der Waals surface area contributed by atoms with Crippen LogP contribution >= 0.6 is 0 Å². The van der Waals surface area contributed by atoms with Crippen molar-refractivity contribution in [1.29, 1.82) is 0 Å². The van der Waals surface area contributed by atoms with Gasteiger partial charge in [-0.3, -0.25) is 4.79 Å². The van der Waals surface area contributed by atoms with E-state index in [2.05, 4.69) is 52.1 Å². The molecule has 1 N–H and O–H groups in total. The number of amides is 1. The number of hydrogen-bond acceptors (Lipinski definition) is 1. The van der Waals surface area contributed by atoms with Gasteiger partial charge < -0.3 is 9.80 Å². The predicted molar refractivity (Wildman–Crippen MR) is 97.7 cm³/mol. The number of benzene rings is 1. The van der Waals surface area contributed by atoms with Gasteiger partial charge in [-0.05, 0) is 71.4 Å². The molecule has 0 bridgehead atoms. The lowest BCUT2D eigenvalue weighted by molar-refractivity contribution is -0.938. The number of likely N-dealkylation sites (N-methyl/N-ethyl adjacent to an activating group) is 1. The third-order valence-corrected chi connectivity index (χ3v) is 5.71. The van der Waals surface area contributed by atoms with Crippen molar-refractivity contribution in [3.63, 3.8) is 0 Å². The normalized spacial score (nSPS) is 19.0. The van der Waals surface area contributed by atoms with E-state index in [4.69, 9.17) is 0 Å². The van der Waals surface area contributed by atoms with Crippen LogP contribution in [0.3, 0.4) is 0 Å². The average molecular weight is 317 g/mol. The second-order valence-electron chi connectivity index (χ2n) is 7.34. The maximum absolute atomic E-state index is 13.0. The van der Waals surface area contributed by atoms with Gasteiger partial charge in [0, 0.05) is 5.69 Å². The Hall–Kier alpha value is -1.35. The third-order valence-electron chi connectivity index (χ3n) is 5.71. The van der Waals surface area contributed by atoms with Gasteiger partial charge in [0.15, 0.2) is 6.04 Å². The van der Waals surface area contributed by atoms with E-state index in [0.29, 0.717) is 0 Å². The minimum absolute atomic E-state index is 0.0122. The maximum Gasteiger partial charge on any atom is 0.282 e. The molecule has 2 rings (SSSR count). The van der Waals surface area contributed by atoms with E-state index in [1.54, 1.807) is 0 Å². The highest BCUT2D eigenvalue weighted by atomic mass is 16.2. The lowest BCUT2D eigenvalue weighted by Crippen LogP contribution is -2.59. The largest absolute Gasteiger partial charge is 0.320 e. The molecule has 3 heteroatoms. The Labute approximate surface area is 141 Å². The number of carbonyl (C=O) groups excluding carboxylic acids is 1. The van der Waals surface area contributed by atoms with Crippen LogP contribution in [0.5, 0.6) is 0 Å². The molecule has 0 radical (unpaired) electrons. The molecule has 0 aliphatic carbocycles. The molecule has 0 aromatic heterocycles. The van der Waals surface area contributed by atoms with Crippen molar-refractivity contribution in [1.82, 2.24) is 0 Å². The molecular weight excluding hydrogens is 284 g/mol. The molecule has 0 saturated carbocycles. The van der Waals surface area contributed by atoms with E-state index in [0.717, 1.165) is 40.9 Å². The van der Waals surface area contributed by atoms with Crippen molar-refractivity contribution in [3.05, 3.63) is 28.8 Å². The lowest BCUT2D eigenvalue weighted by atomic mass is 10.0. The van der Waals surface area contributed by atoms with Crippen LogP contribution in [0, 0.1) is 20.8 Å². The number of rotatable bonds is 4. The van der Waals surface area contributed by atoms with E-state index >= 15 is 0 Å². The van der Waals surface area contributed by atoms with Crippen LogP contribution in [-0.4, -0.2) is 36.1 Å². The zero-order valence-electron chi connectivity index (χ0n) is 15.5. The smallest absolute Gasteiger partial charge is 0.282 e. The number of likely N-dealkylation sites (tertiary alicyclic amines) is 1. The Morgan fingerprint density at radius 2 is 1.61 bits per heavy atom. The number of carbonyl (C=O) groups is 1. The van der Waals surface area contributed by atoms with Gasteiger partial charge in [0.2, 0.25) is 0 Å². The van der Waals surface area contributed by atoms with Crippen LogP contribution in [0.15, 0.2) is 12.1 Å². The summed E-state index contributed by atoms with van der Waals surface area (Å²) in [6, 6.07) is 4.30. The Bertz CT molecular complexity index is 534. The average Bonchev–Trinajstić information content (AvgIpc) is 2.76. The SMILES string of the molecule is CC[N+]1(C(C)C(=O)Nc2c(C)cc(C)cc2C)CCCCCC1. The monoisotopic (exact) mass is 317 g/mol. The molecule has 1 aromatic rings. The molecule has 1 heterocycles. The van der Waals surface area contributed by atoms with Crippen LogP contribution in [0.2, 0.25) is 0 Å². The number of quaternary nitrogens is 1. The molecule has 1 unspecified atom stereocenters. The van der Waals surface area contributed by atoms with Crippen molar-refractivity contribution in [2.24, 2.45) is 0 Å². The molecule has 3 nitrogen and oxygen atoms in total. The van der Waals surface area contributed by atoms with E-state index in [1.165, 1.54) is 31.2 Å². The van der Waals surface area contributed by atoms with Crippen molar-refractivity contribution in [2.75, 3.05) is 25.0 Å². The number of hydrogen-bond donors (Lipinski definition) is 1. The van der Waals surface area contributed by atoms with Crippen LogP contribution in [-0.2, 0) is 4.79 Å². The Kier molecular flexibility index (Phi) is 5.85. The number of anilines is 1. The van der Waals surface area contributed by atoms with E-state index in [-0.39, 0.29) is 11.9 Å². The highest BCUT2D eigenvalue weighted by Gasteiger charge is 2.37.